The Morgan fingerprint density at radius 2 is 2.06 bits per heavy atom. The van der Waals surface area contributed by atoms with Gasteiger partial charge in [-0.1, -0.05) is 0 Å². The van der Waals surface area contributed by atoms with Gasteiger partial charge in [0.2, 0.25) is 0 Å². The molecule has 0 amide bonds. The van der Waals surface area contributed by atoms with E-state index in [0.717, 1.165) is 0 Å². The fourth-order valence-corrected chi connectivity index (χ4v) is 1.81. The summed E-state index contributed by atoms with van der Waals surface area (Å²) in [7, 11) is 0. The fourth-order valence-electron chi connectivity index (χ4n) is 1.81. The molecule has 0 saturated carbocycles. The van der Waals surface area contributed by atoms with E-state index < -0.39 is 18.2 Å². The summed E-state index contributed by atoms with van der Waals surface area (Å²) >= 11 is 0. The van der Waals surface area contributed by atoms with Crippen molar-refractivity contribution in [2.75, 3.05) is 0 Å². The van der Waals surface area contributed by atoms with Crippen LogP contribution in [0.5, 0.6) is 11.5 Å². The Labute approximate surface area is 91.9 Å². The van der Waals surface area contributed by atoms with Gasteiger partial charge in [0.25, 0.3) is 0 Å². The highest BCUT2D eigenvalue weighted by molar-refractivity contribution is 5.98. The summed E-state index contributed by atoms with van der Waals surface area (Å²) < 4.78 is 4.92. The van der Waals surface area contributed by atoms with Crippen LogP contribution < -0.4 is 0 Å². The second kappa shape index (κ2) is 3.38. The molecule has 5 heteroatoms. The smallest absolute Gasteiger partial charge is 0.343 e. The van der Waals surface area contributed by atoms with Crippen molar-refractivity contribution in [3.8, 4) is 11.5 Å². The van der Waals surface area contributed by atoms with Crippen molar-refractivity contribution in [1.82, 2.24) is 0 Å². The number of ether oxygens (including phenoxy) is 1. The lowest BCUT2D eigenvalue weighted by Crippen LogP contribution is -2.14. The van der Waals surface area contributed by atoms with Crippen LogP contribution in [0, 0.1) is 6.92 Å². The average Bonchev–Trinajstić information content (AvgIpc) is 2.52. The zero-order valence-electron chi connectivity index (χ0n) is 8.89. The second-order valence-corrected chi connectivity index (χ2v) is 3.90. The number of aliphatic hydroxyl groups is 1. The van der Waals surface area contributed by atoms with Gasteiger partial charge in [0, 0.05) is 11.1 Å². The first-order valence-electron chi connectivity index (χ1n) is 4.88. The molecule has 0 spiro atoms. The number of rotatable bonds is 1. The van der Waals surface area contributed by atoms with Crippen molar-refractivity contribution in [1.29, 1.82) is 0 Å². The van der Waals surface area contributed by atoms with Crippen molar-refractivity contribution in [3.63, 3.8) is 0 Å². The van der Waals surface area contributed by atoms with E-state index in [1.54, 1.807) is 0 Å². The number of carbonyl (C=O) groups excluding carboxylic acids is 1. The molecule has 1 heterocycles. The van der Waals surface area contributed by atoms with Crippen LogP contribution in [0.15, 0.2) is 6.07 Å². The van der Waals surface area contributed by atoms with Gasteiger partial charge in [-0.05, 0) is 19.9 Å². The number of aromatic hydroxyl groups is 2. The standard InChI is InChI=1S/C11H12O5/c1-4-7(13)3-6-8(9(4)14)11(15)16-10(6)5(2)12/h3,5,10,12-14H,1-2H3/t5-,10?/m0/s1. The van der Waals surface area contributed by atoms with Crippen LogP contribution in [0.1, 0.15) is 34.5 Å². The zero-order valence-corrected chi connectivity index (χ0v) is 8.89. The number of benzene rings is 1. The normalized spacial score (nSPS) is 20.4. The van der Waals surface area contributed by atoms with E-state index >= 15 is 0 Å². The molecule has 3 N–H and O–H groups in total. The van der Waals surface area contributed by atoms with Crippen LogP contribution in [0.25, 0.3) is 0 Å². The summed E-state index contributed by atoms with van der Waals surface area (Å²) in [6, 6.07) is 1.34. The van der Waals surface area contributed by atoms with Crippen LogP contribution in [0.4, 0.5) is 0 Å². The molecule has 1 aromatic rings. The monoisotopic (exact) mass is 224 g/mol. The number of hydrogen-bond donors (Lipinski definition) is 3. The molecule has 0 saturated heterocycles. The summed E-state index contributed by atoms with van der Waals surface area (Å²) in [5.74, 6) is -1.09. The molecular weight excluding hydrogens is 212 g/mol. The van der Waals surface area contributed by atoms with Crippen molar-refractivity contribution in [3.05, 3.63) is 22.8 Å². The second-order valence-electron chi connectivity index (χ2n) is 3.90. The highest BCUT2D eigenvalue weighted by Gasteiger charge is 2.37. The molecule has 0 aromatic heterocycles. The lowest BCUT2D eigenvalue weighted by Gasteiger charge is -2.14. The third kappa shape index (κ3) is 1.32. The third-order valence-corrected chi connectivity index (χ3v) is 2.74. The minimum absolute atomic E-state index is 0.0289. The maximum Gasteiger partial charge on any atom is 0.343 e. The molecule has 2 atom stereocenters. The lowest BCUT2D eigenvalue weighted by molar-refractivity contribution is -0.00282. The van der Waals surface area contributed by atoms with Crippen molar-refractivity contribution in [2.45, 2.75) is 26.1 Å². The molecule has 0 fully saturated rings. The summed E-state index contributed by atoms with van der Waals surface area (Å²) in [5.41, 5.74) is 0.573. The number of phenolic OH excluding ortho intramolecular Hbond substituents is 2. The first-order chi connectivity index (χ1) is 7.43. The number of carbonyl (C=O) groups is 1. The highest BCUT2D eigenvalue weighted by Crippen LogP contribution is 2.42. The molecule has 1 aromatic carbocycles. The summed E-state index contributed by atoms with van der Waals surface area (Å²) in [6.45, 7) is 2.97. The summed E-state index contributed by atoms with van der Waals surface area (Å²) in [5, 5.41) is 28.7. The van der Waals surface area contributed by atoms with Crippen LogP contribution in [0.3, 0.4) is 0 Å². The van der Waals surface area contributed by atoms with Gasteiger partial charge in [-0.15, -0.1) is 0 Å². The van der Waals surface area contributed by atoms with Gasteiger partial charge in [0.1, 0.15) is 17.1 Å². The average molecular weight is 224 g/mol. The first-order valence-corrected chi connectivity index (χ1v) is 4.88. The van der Waals surface area contributed by atoms with Gasteiger partial charge in [0.15, 0.2) is 6.10 Å². The van der Waals surface area contributed by atoms with E-state index in [2.05, 4.69) is 0 Å². The van der Waals surface area contributed by atoms with E-state index in [4.69, 9.17) is 4.74 Å². The van der Waals surface area contributed by atoms with Crippen LogP contribution >= 0.6 is 0 Å². The Morgan fingerprint density at radius 3 is 2.62 bits per heavy atom. The number of hydrogen-bond acceptors (Lipinski definition) is 5. The number of phenols is 2. The van der Waals surface area contributed by atoms with Gasteiger partial charge in [-0.2, -0.15) is 0 Å². The van der Waals surface area contributed by atoms with Crippen LogP contribution in [-0.2, 0) is 4.74 Å². The van der Waals surface area contributed by atoms with Crippen LogP contribution in [-0.4, -0.2) is 27.4 Å². The highest BCUT2D eigenvalue weighted by atomic mass is 16.6. The van der Waals surface area contributed by atoms with Crippen molar-refractivity contribution < 1.29 is 24.9 Å². The SMILES string of the molecule is Cc1c(O)cc2c(c1O)C(=O)OC2[C@H](C)O. The zero-order chi connectivity index (χ0) is 12.0. The molecule has 1 aliphatic rings. The number of fused-ring (bicyclic) bond motifs is 1. The number of aliphatic hydroxyl groups excluding tert-OH is 1. The van der Waals surface area contributed by atoms with E-state index in [-0.39, 0.29) is 22.6 Å². The summed E-state index contributed by atoms with van der Waals surface area (Å²) in [6.07, 6.45) is -1.73. The van der Waals surface area contributed by atoms with Gasteiger partial charge in [-0.3, -0.25) is 0 Å². The predicted octanol–water partition coefficient (Wildman–Crippen LogP) is 0.999. The lowest BCUT2D eigenvalue weighted by atomic mass is 9.98. The molecular formula is C11H12O5. The maximum atomic E-state index is 11.5. The maximum absolute atomic E-state index is 11.5. The minimum atomic E-state index is -0.897. The Kier molecular flexibility index (Phi) is 2.27. The van der Waals surface area contributed by atoms with Gasteiger partial charge in [0.05, 0.1) is 6.10 Å². The Morgan fingerprint density at radius 1 is 1.44 bits per heavy atom. The fraction of sp³-hybridized carbons (Fsp3) is 0.364. The molecule has 0 bridgehead atoms. The first kappa shape index (κ1) is 10.8. The molecule has 1 aliphatic heterocycles. The quantitative estimate of drug-likeness (QED) is 0.619. The van der Waals surface area contributed by atoms with Gasteiger partial charge in [-0.25, -0.2) is 4.79 Å². The number of cyclic esters (lactones) is 1. The molecule has 1 unspecified atom stereocenters. The molecule has 86 valence electrons. The van der Waals surface area contributed by atoms with Crippen molar-refractivity contribution in [2.24, 2.45) is 0 Å². The molecule has 2 rings (SSSR count). The number of esters is 1. The Balaban J connectivity index is 2.67. The van der Waals surface area contributed by atoms with Gasteiger partial charge >= 0.3 is 5.97 Å². The van der Waals surface area contributed by atoms with E-state index in [9.17, 15) is 20.1 Å². The van der Waals surface area contributed by atoms with Gasteiger partial charge < -0.3 is 20.1 Å². The molecule has 0 aliphatic carbocycles. The van der Waals surface area contributed by atoms with E-state index in [0.29, 0.717) is 5.56 Å². The topological polar surface area (TPSA) is 87.0 Å². The molecule has 16 heavy (non-hydrogen) atoms. The predicted molar refractivity (Wildman–Crippen MR) is 54.3 cm³/mol. The van der Waals surface area contributed by atoms with E-state index in [1.807, 2.05) is 0 Å². The molecule has 0 radical (unpaired) electrons. The third-order valence-electron chi connectivity index (χ3n) is 2.74. The Bertz CT molecular complexity index is 464. The van der Waals surface area contributed by atoms with Crippen LogP contribution in [0.2, 0.25) is 0 Å². The largest absolute Gasteiger partial charge is 0.508 e. The summed E-state index contributed by atoms with van der Waals surface area (Å²) in [4.78, 5) is 11.5. The Hall–Kier alpha value is -1.75. The minimum Gasteiger partial charge on any atom is -0.508 e. The van der Waals surface area contributed by atoms with Crippen molar-refractivity contribution >= 4 is 5.97 Å². The van der Waals surface area contributed by atoms with E-state index in [1.165, 1.54) is 19.9 Å². The molecule has 5 nitrogen and oxygen atoms in total.